The van der Waals surface area contributed by atoms with Crippen LogP contribution < -0.4 is 10.6 Å². The molecule has 10 heteroatoms. The molecule has 2 heterocycles. The number of morpholine rings is 1. The van der Waals surface area contributed by atoms with Crippen molar-refractivity contribution in [1.29, 1.82) is 0 Å². The summed E-state index contributed by atoms with van der Waals surface area (Å²) in [5.74, 6) is 5.05. The Kier molecular flexibility index (Phi) is 8.38. The van der Waals surface area contributed by atoms with Gasteiger partial charge in [-0.05, 0) is 48.0 Å². The summed E-state index contributed by atoms with van der Waals surface area (Å²) in [6.07, 6.45) is -3.04. The van der Waals surface area contributed by atoms with Gasteiger partial charge in [0.25, 0.3) is 5.91 Å². The van der Waals surface area contributed by atoms with E-state index in [2.05, 4.69) is 32.4 Å². The van der Waals surface area contributed by atoms with Gasteiger partial charge < -0.3 is 15.4 Å². The van der Waals surface area contributed by atoms with Crippen molar-refractivity contribution < 1.29 is 27.1 Å². The van der Waals surface area contributed by atoms with Crippen LogP contribution in [0.5, 0.6) is 0 Å². The van der Waals surface area contributed by atoms with E-state index in [1.165, 1.54) is 30.5 Å². The largest absolute Gasteiger partial charge is 0.416 e. The third kappa shape index (κ3) is 7.29. The number of pyridine rings is 1. The summed E-state index contributed by atoms with van der Waals surface area (Å²) >= 11 is 0. The minimum absolute atomic E-state index is 0.00783. The molecule has 1 fully saturated rings. The lowest BCUT2D eigenvalue weighted by molar-refractivity contribution is -0.137. The Bertz CT molecular complexity index is 1310. The highest BCUT2D eigenvalue weighted by atomic mass is 19.4. The average Bonchev–Trinajstić information content (AvgIpc) is 2.89. The number of aromatic nitrogens is 1. The molecule has 0 aliphatic carbocycles. The van der Waals surface area contributed by atoms with Crippen LogP contribution in [-0.2, 0) is 17.5 Å². The molecule has 0 bridgehead atoms. The van der Waals surface area contributed by atoms with Gasteiger partial charge in [0.1, 0.15) is 11.6 Å². The van der Waals surface area contributed by atoms with Crippen molar-refractivity contribution >= 4 is 17.4 Å². The highest BCUT2D eigenvalue weighted by molar-refractivity contribution is 6.07. The van der Waals surface area contributed by atoms with E-state index < -0.39 is 23.5 Å². The van der Waals surface area contributed by atoms with E-state index in [9.17, 15) is 22.4 Å². The molecular weight excluding hydrogens is 488 g/mol. The molecule has 1 aromatic heterocycles. The molecule has 1 aliphatic rings. The maximum Gasteiger partial charge on any atom is 0.416 e. The van der Waals surface area contributed by atoms with Crippen molar-refractivity contribution in [2.75, 3.05) is 43.5 Å². The van der Waals surface area contributed by atoms with Crippen molar-refractivity contribution in [3.63, 3.8) is 0 Å². The summed E-state index contributed by atoms with van der Waals surface area (Å²) in [7, 11) is 0. The SMILES string of the molecule is O=C(Nc1cccc(C(F)(F)F)c1)c1cccnc1NCc1ccc(F)c(C#CCN2CCOCC2)c1. The minimum atomic E-state index is -4.53. The molecule has 2 aromatic carbocycles. The molecule has 192 valence electrons. The quantitative estimate of drug-likeness (QED) is 0.368. The van der Waals surface area contributed by atoms with Crippen LogP contribution in [0.25, 0.3) is 0 Å². The predicted octanol–water partition coefficient (Wildman–Crippen LogP) is 4.79. The summed E-state index contributed by atoms with van der Waals surface area (Å²) < 4.78 is 58.6. The molecule has 3 aromatic rings. The van der Waals surface area contributed by atoms with Gasteiger partial charge in [0.2, 0.25) is 0 Å². The lowest BCUT2D eigenvalue weighted by Crippen LogP contribution is -2.36. The Hall–Kier alpha value is -3.94. The number of amides is 1. The fourth-order valence-corrected chi connectivity index (χ4v) is 3.67. The fraction of sp³-hybridized carbons (Fsp3) is 0.259. The lowest BCUT2D eigenvalue weighted by Gasteiger charge is -2.24. The second-order valence-electron chi connectivity index (χ2n) is 8.29. The molecule has 1 amide bonds. The molecule has 1 saturated heterocycles. The average molecular weight is 513 g/mol. The zero-order chi connectivity index (χ0) is 26.3. The molecule has 0 spiro atoms. The molecule has 0 saturated carbocycles. The number of halogens is 4. The number of alkyl halides is 3. The van der Waals surface area contributed by atoms with Crippen LogP contribution in [-0.4, -0.2) is 48.6 Å². The maximum atomic E-state index is 14.3. The normalized spacial score (nSPS) is 13.9. The number of anilines is 2. The number of nitrogens with zero attached hydrogens (tertiary/aromatic N) is 2. The summed E-state index contributed by atoms with van der Waals surface area (Å²) in [6, 6.07) is 12.0. The number of nitrogens with one attached hydrogen (secondary N) is 2. The Labute approximate surface area is 211 Å². The monoisotopic (exact) mass is 512 g/mol. The topological polar surface area (TPSA) is 66.5 Å². The number of carbonyl (C=O) groups is 1. The first-order valence-corrected chi connectivity index (χ1v) is 11.5. The Morgan fingerprint density at radius 1 is 1.08 bits per heavy atom. The summed E-state index contributed by atoms with van der Waals surface area (Å²) in [4.78, 5) is 19.1. The van der Waals surface area contributed by atoms with Crippen molar-refractivity contribution in [3.05, 3.63) is 88.9 Å². The first-order valence-electron chi connectivity index (χ1n) is 11.5. The van der Waals surface area contributed by atoms with Gasteiger partial charge in [-0.1, -0.05) is 24.0 Å². The maximum absolute atomic E-state index is 14.3. The van der Waals surface area contributed by atoms with Crippen molar-refractivity contribution in [3.8, 4) is 11.8 Å². The van der Waals surface area contributed by atoms with E-state index in [1.807, 2.05) is 0 Å². The van der Waals surface area contributed by atoms with E-state index in [1.54, 1.807) is 18.2 Å². The number of hydrogen-bond donors (Lipinski definition) is 2. The number of ether oxygens (including phenoxy) is 1. The zero-order valence-corrected chi connectivity index (χ0v) is 19.7. The van der Waals surface area contributed by atoms with Crippen LogP contribution in [0, 0.1) is 17.7 Å². The highest BCUT2D eigenvalue weighted by Crippen LogP contribution is 2.31. The van der Waals surface area contributed by atoms with Gasteiger partial charge in [-0.25, -0.2) is 9.37 Å². The van der Waals surface area contributed by atoms with Gasteiger partial charge in [0, 0.05) is 31.5 Å². The van der Waals surface area contributed by atoms with Crippen molar-refractivity contribution in [2.24, 2.45) is 0 Å². The summed E-state index contributed by atoms with van der Waals surface area (Å²) in [5, 5.41) is 5.52. The molecule has 4 rings (SSSR count). The number of benzene rings is 2. The highest BCUT2D eigenvalue weighted by Gasteiger charge is 2.30. The predicted molar refractivity (Wildman–Crippen MR) is 131 cm³/mol. The number of hydrogen-bond acceptors (Lipinski definition) is 5. The second-order valence-corrected chi connectivity index (χ2v) is 8.29. The number of carbonyl (C=O) groups excluding carboxylic acids is 1. The molecule has 0 atom stereocenters. The van der Waals surface area contributed by atoms with Gasteiger partial charge in [-0.3, -0.25) is 9.69 Å². The van der Waals surface area contributed by atoms with Crippen LogP contribution in [0.15, 0.2) is 60.8 Å². The van der Waals surface area contributed by atoms with E-state index in [4.69, 9.17) is 4.74 Å². The molecular formula is C27H24F4N4O2. The second kappa shape index (κ2) is 11.9. The van der Waals surface area contributed by atoms with E-state index in [0.29, 0.717) is 25.3 Å². The van der Waals surface area contributed by atoms with Gasteiger partial charge in [-0.2, -0.15) is 13.2 Å². The fourth-order valence-electron chi connectivity index (χ4n) is 3.67. The molecule has 2 N–H and O–H groups in total. The molecule has 37 heavy (non-hydrogen) atoms. The van der Waals surface area contributed by atoms with E-state index in [0.717, 1.165) is 25.2 Å². The zero-order valence-electron chi connectivity index (χ0n) is 19.7. The Morgan fingerprint density at radius 3 is 2.68 bits per heavy atom. The third-order valence-corrected chi connectivity index (χ3v) is 5.62. The smallest absolute Gasteiger partial charge is 0.379 e. The molecule has 1 aliphatic heterocycles. The van der Waals surface area contributed by atoms with Gasteiger partial charge >= 0.3 is 6.18 Å². The van der Waals surface area contributed by atoms with Gasteiger partial charge in [0.05, 0.1) is 36.4 Å². The first kappa shape index (κ1) is 26.1. The van der Waals surface area contributed by atoms with Crippen LogP contribution in [0.2, 0.25) is 0 Å². The van der Waals surface area contributed by atoms with Crippen LogP contribution in [0.1, 0.15) is 27.0 Å². The van der Waals surface area contributed by atoms with Crippen molar-refractivity contribution in [1.82, 2.24) is 9.88 Å². The molecule has 0 radical (unpaired) electrons. The van der Waals surface area contributed by atoms with Crippen LogP contribution in [0.3, 0.4) is 0 Å². The van der Waals surface area contributed by atoms with Crippen molar-refractivity contribution in [2.45, 2.75) is 12.7 Å². The summed E-state index contributed by atoms with van der Waals surface area (Å²) in [6.45, 7) is 3.63. The Balaban J connectivity index is 1.42. The van der Waals surface area contributed by atoms with Crippen LogP contribution in [0.4, 0.5) is 29.1 Å². The first-order chi connectivity index (χ1) is 17.8. The number of rotatable bonds is 6. The molecule has 0 unspecified atom stereocenters. The summed E-state index contributed by atoms with van der Waals surface area (Å²) in [5.41, 5.74) is 0.263. The van der Waals surface area contributed by atoms with E-state index >= 15 is 0 Å². The van der Waals surface area contributed by atoms with Crippen LogP contribution >= 0.6 is 0 Å². The van der Waals surface area contributed by atoms with Gasteiger partial charge in [0.15, 0.2) is 0 Å². The lowest BCUT2D eigenvalue weighted by atomic mass is 10.1. The minimum Gasteiger partial charge on any atom is -0.379 e. The van der Waals surface area contributed by atoms with Gasteiger partial charge in [-0.15, -0.1) is 0 Å². The third-order valence-electron chi connectivity index (χ3n) is 5.62. The standard InChI is InChI=1S/C27H24F4N4O2/c28-24-9-8-19(16-20(24)4-3-11-35-12-14-37-15-13-35)18-33-25-23(7-2-10-32-25)26(36)34-22-6-1-5-21(17-22)27(29,30)31/h1-2,5-10,16-17H,11-15,18H2,(H,32,33)(H,34,36). The molecule has 6 nitrogen and oxygen atoms in total. The van der Waals surface area contributed by atoms with E-state index in [-0.39, 0.29) is 29.2 Å². The Morgan fingerprint density at radius 2 is 1.89 bits per heavy atom.